The summed E-state index contributed by atoms with van der Waals surface area (Å²) in [7, 11) is 0. The summed E-state index contributed by atoms with van der Waals surface area (Å²) >= 11 is 1.23. The molecule has 7 nitrogen and oxygen atoms in total. The number of carbonyl (C=O) groups excluding carboxylic acids is 2. The average molecular weight is 334 g/mol. The summed E-state index contributed by atoms with van der Waals surface area (Å²) in [5.41, 5.74) is 6.14. The number of Topliss-reactive ketones (excluding diaryl/α,β-unsaturated/α-hetero) is 1. The van der Waals surface area contributed by atoms with Gasteiger partial charge in [0, 0.05) is 12.0 Å². The Morgan fingerprint density at radius 1 is 1.30 bits per heavy atom. The highest BCUT2D eigenvalue weighted by Crippen LogP contribution is 2.18. The molecule has 0 saturated heterocycles. The van der Waals surface area contributed by atoms with Crippen LogP contribution in [-0.4, -0.2) is 28.5 Å². The summed E-state index contributed by atoms with van der Waals surface area (Å²) in [4.78, 5) is 23.4. The number of hydrogen-bond donors (Lipinski definition) is 2. The summed E-state index contributed by atoms with van der Waals surface area (Å²) in [6, 6.07) is 6.43. The molecule has 3 N–H and O–H groups in total. The Morgan fingerprint density at radius 3 is 2.57 bits per heavy atom. The van der Waals surface area contributed by atoms with Crippen molar-refractivity contribution < 1.29 is 14.3 Å². The molecule has 1 heterocycles. The molecule has 0 fully saturated rings. The van der Waals surface area contributed by atoms with E-state index in [1.165, 1.54) is 11.3 Å². The molecule has 0 aliphatic rings. The average Bonchev–Trinajstić information content (AvgIpc) is 2.99. The van der Waals surface area contributed by atoms with Gasteiger partial charge in [0.05, 0.1) is 6.04 Å². The molecule has 1 aromatic heterocycles. The number of benzene rings is 1. The summed E-state index contributed by atoms with van der Waals surface area (Å²) in [6.07, 6.45) is 0.455. The number of nitrogens with two attached hydrogens (primary N) is 1. The maximum atomic E-state index is 11.9. The van der Waals surface area contributed by atoms with Gasteiger partial charge in [-0.15, -0.1) is 10.2 Å². The lowest BCUT2D eigenvalue weighted by molar-refractivity contribution is -0.123. The Labute approximate surface area is 137 Å². The van der Waals surface area contributed by atoms with Gasteiger partial charge in [0.1, 0.15) is 10.8 Å². The summed E-state index contributed by atoms with van der Waals surface area (Å²) in [5.74, 6) is 0.319. The zero-order chi connectivity index (χ0) is 16.8. The third-order valence-corrected chi connectivity index (χ3v) is 4.01. The number of nitrogen functional groups attached to an aromatic ring is 1. The molecule has 0 radical (unpaired) electrons. The van der Waals surface area contributed by atoms with Crippen LogP contribution in [0.5, 0.6) is 5.75 Å². The van der Waals surface area contributed by atoms with E-state index >= 15 is 0 Å². The molecule has 2 aromatic rings. The van der Waals surface area contributed by atoms with Gasteiger partial charge in [0.15, 0.2) is 12.4 Å². The first-order valence-electron chi connectivity index (χ1n) is 7.14. The van der Waals surface area contributed by atoms with Crippen LogP contribution < -0.4 is 15.8 Å². The number of hydrogen-bond acceptors (Lipinski definition) is 7. The molecule has 2 rings (SSSR count). The number of anilines is 1. The van der Waals surface area contributed by atoms with Gasteiger partial charge >= 0.3 is 0 Å². The van der Waals surface area contributed by atoms with Crippen LogP contribution in [0.25, 0.3) is 0 Å². The lowest BCUT2D eigenvalue weighted by Gasteiger charge is -2.11. The van der Waals surface area contributed by atoms with Crippen LogP contribution >= 0.6 is 11.3 Å². The van der Waals surface area contributed by atoms with E-state index in [4.69, 9.17) is 10.5 Å². The van der Waals surface area contributed by atoms with Crippen molar-refractivity contribution in [3.8, 4) is 5.75 Å². The first kappa shape index (κ1) is 16.9. The molecule has 1 aromatic carbocycles. The summed E-state index contributed by atoms with van der Waals surface area (Å²) < 4.78 is 5.40. The predicted octanol–water partition coefficient (Wildman–Crippen LogP) is 1.97. The van der Waals surface area contributed by atoms with Gasteiger partial charge in [0.2, 0.25) is 5.13 Å². The molecule has 23 heavy (non-hydrogen) atoms. The molecule has 0 saturated carbocycles. The minimum Gasteiger partial charge on any atom is -0.484 e. The van der Waals surface area contributed by atoms with E-state index in [1.807, 2.05) is 6.92 Å². The van der Waals surface area contributed by atoms with Gasteiger partial charge in [-0.3, -0.25) is 9.59 Å². The van der Waals surface area contributed by atoms with Crippen LogP contribution in [0.15, 0.2) is 24.3 Å². The highest BCUT2D eigenvalue weighted by Gasteiger charge is 2.14. The maximum absolute atomic E-state index is 11.9. The molecule has 0 spiro atoms. The van der Waals surface area contributed by atoms with Crippen molar-refractivity contribution in [3.63, 3.8) is 0 Å². The molecule has 0 unspecified atom stereocenters. The number of aromatic nitrogens is 2. The lowest BCUT2D eigenvalue weighted by Crippen LogP contribution is -2.31. The third kappa shape index (κ3) is 4.75. The van der Waals surface area contributed by atoms with Crippen molar-refractivity contribution in [2.75, 3.05) is 12.3 Å². The van der Waals surface area contributed by atoms with Gasteiger partial charge < -0.3 is 15.8 Å². The second kappa shape index (κ2) is 7.68. The van der Waals surface area contributed by atoms with Crippen molar-refractivity contribution in [1.29, 1.82) is 0 Å². The molecular weight excluding hydrogens is 316 g/mol. The van der Waals surface area contributed by atoms with E-state index in [1.54, 1.807) is 31.2 Å². The zero-order valence-electron chi connectivity index (χ0n) is 12.9. The number of nitrogens with one attached hydrogen (secondary N) is 1. The Kier molecular flexibility index (Phi) is 5.64. The van der Waals surface area contributed by atoms with E-state index in [-0.39, 0.29) is 24.3 Å². The number of nitrogens with zero attached hydrogens (tertiary/aromatic N) is 2. The Hall–Kier alpha value is -2.48. The minimum absolute atomic E-state index is 0.0689. The Morgan fingerprint density at radius 2 is 2.00 bits per heavy atom. The number of carbonyl (C=O) groups is 2. The molecule has 0 aliphatic carbocycles. The molecule has 1 amide bonds. The van der Waals surface area contributed by atoms with Gasteiger partial charge in [-0.25, -0.2) is 0 Å². The molecule has 0 bridgehead atoms. The number of ketones is 1. The Bertz CT molecular complexity index is 684. The number of ether oxygens (including phenoxy) is 1. The SMILES string of the molecule is CCC(=O)c1ccc(OCC(=O)N[C@@H](C)c2nnc(N)s2)cc1. The van der Waals surface area contributed by atoms with E-state index in [0.717, 1.165) is 0 Å². The topological polar surface area (TPSA) is 107 Å². The molecule has 122 valence electrons. The standard InChI is InChI=1S/C15H18N4O3S/c1-3-12(20)10-4-6-11(7-5-10)22-8-13(21)17-9(2)14-18-19-15(16)23-14/h4-7,9H,3,8H2,1-2H3,(H2,16,19)(H,17,21)/t9-/m0/s1. The molecular formula is C15H18N4O3S. The summed E-state index contributed by atoms with van der Waals surface area (Å²) in [6.45, 7) is 3.48. The fourth-order valence-corrected chi connectivity index (χ4v) is 2.47. The van der Waals surface area contributed by atoms with Gasteiger partial charge in [-0.05, 0) is 31.2 Å². The first-order valence-corrected chi connectivity index (χ1v) is 7.95. The molecule has 0 aliphatic heterocycles. The molecule has 1 atom stereocenters. The lowest BCUT2D eigenvalue weighted by atomic mass is 10.1. The quantitative estimate of drug-likeness (QED) is 0.750. The zero-order valence-corrected chi connectivity index (χ0v) is 13.7. The van der Waals surface area contributed by atoms with Crippen LogP contribution in [0.4, 0.5) is 5.13 Å². The largest absolute Gasteiger partial charge is 0.484 e. The Balaban J connectivity index is 1.83. The number of amides is 1. The van der Waals surface area contributed by atoms with Gasteiger partial charge in [-0.1, -0.05) is 18.3 Å². The van der Waals surface area contributed by atoms with Crippen LogP contribution in [0, 0.1) is 0 Å². The van der Waals surface area contributed by atoms with Crippen molar-refractivity contribution in [3.05, 3.63) is 34.8 Å². The normalized spacial score (nSPS) is 11.7. The minimum atomic E-state index is -0.287. The highest BCUT2D eigenvalue weighted by molar-refractivity contribution is 7.15. The van der Waals surface area contributed by atoms with Gasteiger partial charge in [-0.2, -0.15) is 0 Å². The van der Waals surface area contributed by atoms with Gasteiger partial charge in [0.25, 0.3) is 5.91 Å². The smallest absolute Gasteiger partial charge is 0.258 e. The van der Waals surface area contributed by atoms with Crippen molar-refractivity contribution in [1.82, 2.24) is 15.5 Å². The number of rotatable bonds is 7. The van der Waals surface area contributed by atoms with Crippen LogP contribution in [0.3, 0.4) is 0 Å². The monoisotopic (exact) mass is 334 g/mol. The second-order valence-electron chi connectivity index (χ2n) is 4.86. The fraction of sp³-hybridized carbons (Fsp3) is 0.333. The molecule has 8 heteroatoms. The van der Waals surface area contributed by atoms with Crippen LogP contribution in [-0.2, 0) is 4.79 Å². The highest BCUT2D eigenvalue weighted by atomic mass is 32.1. The first-order chi connectivity index (χ1) is 11.0. The van der Waals surface area contributed by atoms with E-state index in [2.05, 4.69) is 15.5 Å². The van der Waals surface area contributed by atoms with Crippen molar-refractivity contribution in [2.45, 2.75) is 26.3 Å². The van der Waals surface area contributed by atoms with Crippen LogP contribution in [0.2, 0.25) is 0 Å². The van der Waals surface area contributed by atoms with E-state index in [9.17, 15) is 9.59 Å². The van der Waals surface area contributed by atoms with Crippen LogP contribution in [0.1, 0.15) is 41.7 Å². The van der Waals surface area contributed by atoms with Crippen molar-refractivity contribution in [2.24, 2.45) is 0 Å². The fourth-order valence-electron chi connectivity index (χ4n) is 1.86. The maximum Gasteiger partial charge on any atom is 0.258 e. The van der Waals surface area contributed by atoms with Crippen molar-refractivity contribution >= 4 is 28.2 Å². The predicted molar refractivity (Wildman–Crippen MR) is 87.4 cm³/mol. The summed E-state index contributed by atoms with van der Waals surface area (Å²) in [5, 5.41) is 11.3. The van der Waals surface area contributed by atoms with E-state index in [0.29, 0.717) is 27.9 Å². The van der Waals surface area contributed by atoms with E-state index < -0.39 is 0 Å². The third-order valence-electron chi connectivity index (χ3n) is 3.07. The second-order valence-corrected chi connectivity index (χ2v) is 5.90.